The van der Waals surface area contributed by atoms with Crippen LogP contribution in [0.25, 0.3) is 0 Å². The minimum atomic E-state index is -0.374. The molecule has 0 unspecified atom stereocenters. The number of amides is 1. The van der Waals surface area contributed by atoms with E-state index in [-0.39, 0.29) is 5.54 Å². The molecule has 0 radical (unpaired) electrons. The van der Waals surface area contributed by atoms with Crippen LogP contribution in [0.3, 0.4) is 0 Å². The molecule has 0 atom stereocenters. The first-order chi connectivity index (χ1) is 12.1. The Hall–Kier alpha value is -1.43. The van der Waals surface area contributed by atoms with Crippen LogP contribution >= 0.6 is 0 Å². The molecule has 25 heavy (non-hydrogen) atoms. The van der Waals surface area contributed by atoms with Gasteiger partial charge in [0, 0.05) is 38.8 Å². The third-order valence-electron chi connectivity index (χ3n) is 5.34. The highest BCUT2D eigenvalue weighted by Crippen LogP contribution is 2.23. The van der Waals surface area contributed by atoms with E-state index >= 15 is 0 Å². The Balaban J connectivity index is 1.58. The molecule has 0 bridgehead atoms. The molecule has 2 heterocycles. The molecule has 5 heteroatoms. The minimum absolute atomic E-state index is 0.307. The fourth-order valence-electron chi connectivity index (χ4n) is 4.08. The van der Waals surface area contributed by atoms with Crippen LogP contribution in [0.1, 0.15) is 32.3 Å². The van der Waals surface area contributed by atoms with Gasteiger partial charge in [0.05, 0.1) is 0 Å². The van der Waals surface area contributed by atoms with Crippen molar-refractivity contribution in [2.45, 2.75) is 44.8 Å². The maximum atomic E-state index is 13.3. The predicted molar refractivity (Wildman–Crippen MR) is 101 cm³/mol. The second-order valence-electron chi connectivity index (χ2n) is 7.69. The molecule has 3 rings (SSSR count). The van der Waals surface area contributed by atoms with Gasteiger partial charge < -0.3 is 15.5 Å². The van der Waals surface area contributed by atoms with Crippen molar-refractivity contribution in [3.05, 3.63) is 35.9 Å². The van der Waals surface area contributed by atoms with Crippen molar-refractivity contribution in [1.82, 2.24) is 20.4 Å². The van der Waals surface area contributed by atoms with Crippen molar-refractivity contribution < 1.29 is 4.79 Å². The molecule has 2 aliphatic heterocycles. The summed E-state index contributed by atoms with van der Waals surface area (Å²) in [6.45, 7) is 10.7. The molecule has 2 aliphatic rings. The Morgan fingerprint density at radius 1 is 1.12 bits per heavy atom. The van der Waals surface area contributed by atoms with Crippen LogP contribution < -0.4 is 10.6 Å². The molecule has 1 aromatic rings. The Morgan fingerprint density at radius 3 is 2.36 bits per heavy atom. The molecule has 0 spiro atoms. The lowest BCUT2D eigenvalue weighted by molar-refractivity contribution is -0.142. The highest BCUT2D eigenvalue weighted by Gasteiger charge is 2.42. The van der Waals surface area contributed by atoms with Gasteiger partial charge in [-0.05, 0) is 45.3 Å². The van der Waals surface area contributed by atoms with Crippen LogP contribution in [-0.4, -0.2) is 66.6 Å². The molecular formula is C20H32N4O. The molecule has 0 aliphatic carbocycles. The van der Waals surface area contributed by atoms with Crippen LogP contribution in [0.2, 0.25) is 0 Å². The zero-order valence-corrected chi connectivity index (χ0v) is 15.6. The molecular weight excluding hydrogens is 312 g/mol. The van der Waals surface area contributed by atoms with Crippen LogP contribution in [0.5, 0.6) is 0 Å². The minimum Gasteiger partial charge on any atom is -0.339 e. The lowest BCUT2D eigenvalue weighted by Crippen LogP contribution is -2.65. The summed E-state index contributed by atoms with van der Waals surface area (Å²) in [5, 5.41) is 6.98. The van der Waals surface area contributed by atoms with Crippen molar-refractivity contribution >= 4 is 5.91 Å². The SMILES string of the molecule is CC(C)NC1(C(=O)N2CCN(Cc3ccccc3)CC2)CCNCC1. The summed E-state index contributed by atoms with van der Waals surface area (Å²) >= 11 is 0. The van der Waals surface area contributed by atoms with Crippen molar-refractivity contribution in [2.24, 2.45) is 0 Å². The van der Waals surface area contributed by atoms with Gasteiger partial charge in [0.1, 0.15) is 5.54 Å². The topological polar surface area (TPSA) is 47.6 Å². The van der Waals surface area contributed by atoms with E-state index in [0.29, 0.717) is 11.9 Å². The van der Waals surface area contributed by atoms with Crippen molar-refractivity contribution in [1.29, 1.82) is 0 Å². The van der Waals surface area contributed by atoms with Crippen molar-refractivity contribution in [2.75, 3.05) is 39.3 Å². The third-order valence-corrected chi connectivity index (χ3v) is 5.34. The second kappa shape index (κ2) is 8.30. The smallest absolute Gasteiger partial charge is 0.243 e. The summed E-state index contributed by atoms with van der Waals surface area (Å²) in [7, 11) is 0. The van der Waals surface area contributed by atoms with E-state index in [1.165, 1.54) is 5.56 Å². The first kappa shape index (κ1) is 18.4. The number of piperidine rings is 1. The molecule has 5 nitrogen and oxygen atoms in total. The van der Waals surface area contributed by atoms with Gasteiger partial charge in [0.15, 0.2) is 0 Å². The van der Waals surface area contributed by atoms with Crippen LogP contribution in [-0.2, 0) is 11.3 Å². The van der Waals surface area contributed by atoms with E-state index in [1.54, 1.807) is 0 Å². The largest absolute Gasteiger partial charge is 0.339 e. The number of carbonyl (C=O) groups excluding carboxylic acids is 1. The third kappa shape index (κ3) is 4.60. The van der Waals surface area contributed by atoms with Crippen LogP contribution in [0.15, 0.2) is 30.3 Å². The lowest BCUT2D eigenvalue weighted by Gasteiger charge is -2.44. The maximum Gasteiger partial charge on any atom is 0.243 e. The van der Waals surface area contributed by atoms with E-state index < -0.39 is 0 Å². The molecule has 1 amide bonds. The van der Waals surface area contributed by atoms with Gasteiger partial charge in [0.2, 0.25) is 5.91 Å². The van der Waals surface area contributed by atoms with E-state index in [9.17, 15) is 4.79 Å². The highest BCUT2D eigenvalue weighted by atomic mass is 16.2. The van der Waals surface area contributed by atoms with Crippen molar-refractivity contribution in [3.8, 4) is 0 Å². The second-order valence-corrected chi connectivity index (χ2v) is 7.69. The molecule has 2 N–H and O–H groups in total. The van der Waals surface area contributed by atoms with Gasteiger partial charge in [0.25, 0.3) is 0 Å². The Morgan fingerprint density at radius 2 is 1.76 bits per heavy atom. The van der Waals surface area contributed by atoms with E-state index in [2.05, 4.69) is 64.6 Å². The lowest BCUT2D eigenvalue weighted by atomic mass is 9.85. The van der Waals surface area contributed by atoms with E-state index in [4.69, 9.17) is 0 Å². The van der Waals surface area contributed by atoms with Crippen molar-refractivity contribution in [3.63, 3.8) is 0 Å². The Bertz CT molecular complexity index is 546. The average molecular weight is 345 g/mol. The number of benzene rings is 1. The molecule has 1 aromatic carbocycles. The van der Waals surface area contributed by atoms with Gasteiger partial charge in [-0.3, -0.25) is 9.69 Å². The molecule has 0 aromatic heterocycles. The molecule has 0 saturated carbocycles. The first-order valence-corrected chi connectivity index (χ1v) is 9.63. The Labute approximate surface area is 151 Å². The molecule has 138 valence electrons. The number of piperazine rings is 1. The molecule has 2 saturated heterocycles. The number of hydrogen-bond acceptors (Lipinski definition) is 4. The van der Waals surface area contributed by atoms with Gasteiger partial charge in [-0.2, -0.15) is 0 Å². The number of rotatable bonds is 5. The predicted octanol–water partition coefficient (Wildman–Crippen LogP) is 1.45. The normalized spacial score (nSPS) is 21.5. The van der Waals surface area contributed by atoms with Gasteiger partial charge in [-0.15, -0.1) is 0 Å². The fraction of sp³-hybridized carbons (Fsp3) is 0.650. The fourth-order valence-corrected chi connectivity index (χ4v) is 4.08. The summed E-state index contributed by atoms with van der Waals surface area (Å²) in [6, 6.07) is 10.9. The maximum absolute atomic E-state index is 13.3. The number of carbonyl (C=O) groups is 1. The summed E-state index contributed by atoms with van der Waals surface area (Å²) in [5.74, 6) is 0.307. The van der Waals surface area contributed by atoms with E-state index in [1.807, 2.05) is 0 Å². The zero-order valence-electron chi connectivity index (χ0n) is 15.6. The van der Waals surface area contributed by atoms with Gasteiger partial charge >= 0.3 is 0 Å². The summed E-state index contributed by atoms with van der Waals surface area (Å²) in [4.78, 5) is 17.8. The standard InChI is InChI=1S/C20H32N4O/c1-17(2)22-20(8-10-21-11-9-20)19(25)24-14-12-23(13-15-24)16-18-6-4-3-5-7-18/h3-7,17,21-22H,8-16H2,1-2H3. The summed E-state index contributed by atoms with van der Waals surface area (Å²) in [5.41, 5.74) is 0.972. The zero-order chi connectivity index (χ0) is 17.7. The Kier molecular flexibility index (Phi) is 6.10. The van der Waals surface area contributed by atoms with Gasteiger partial charge in [-0.25, -0.2) is 0 Å². The number of hydrogen-bond donors (Lipinski definition) is 2. The van der Waals surface area contributed by atoms with Gasteiger partial charge in [-0.1, -0.05) is 30.3 Å². The quantitative estimate of drug-likeness (QED) is 0.849. The molecule has 2 fully saturated rings. The average Bonchev–Trinajstić information content (AvgIpc) is 2.63. The van der Waals surface area contributed by atoms with E-state index in [0.717, 1.165) is 58.7 Å². The van der Waals surface area contributed by atoms with Crippen LogP contribution in [0, 0.1) is 0 Å². The number of nitrogens with zero attached hydrogens (tertiary/aromatic N) is 2. The number of nitrogens with one attached hydrogen (secondary N) is 2. The summed E-state index contributed by atoms with van der Waals surface area (Å²) < 4.78 is 0. The first-order valence-electron chi connectivity index (χ1n) is 9.63. The summed E-state index contributed by atoms with van der Waals surface area (Å²) in [6.07, 6.45) is 1.77. The van der Waals surface area contributed by atoms with Crippen LogP contribution in [0.4, 0.5) is 0 Å². The highest BCUT2D eigenvalue weighted by molar-refractivity contribution is 5.86. The monoisotopic (exact) mass is 344 g/mol.